The zero-order chi connectivity index (χ0) is 18.2. The largest absolute Gasteiger partial charge is 0.478 e. The van der Waals surface area contributed by atoms with Crippen LogP contribution in [0.15, 0.2) is 24.5 Å². The first-order valence-electron chi connectivity index (χ1n) is 8.09. The number of rotatable bonds is 10. The third-order valence-corrected chi connectivity index (χ3v) is 3.04. The number of esters is 1. The fraction of sp³-hybridized carbons (Fsp3) is 0.588. The molecule has 0 aromatic carbocycles. The van der Waals surface area contributed by atoms with Crippen molar-refractivity contribution < 1.29 is 29.6 Å². The normalized spacial score (nSPS) is 11.1. The first-order valence-corrected chi connectivity index (χ1v) is 8.09. The Morgan fingerprint density at radius 3 is 2.46 bits per heavy atom. The number of aromatic nitrogens is 1. The van der Waals surface area contributed by atoms with Crippen LogP contribution < -0.4 is 0 Å². The van der Waals surface area contributed by atoms with Crippen LogP contribution in [-0.4, -0.2) is 51.6 Å². The number of carbonyl (C=O) groups excluding carboxylic acids is 1. The Morgan fingerprint density at radius 1 is 1.25 bits per heavy atom. The number of carboxylic acids is 1. The van der Waals surface area contributed by atoms with E-state index in [1.54, 1.807) is 6.07 Å². The molecule has 7 nitrogen and oxygen atoms in total. The SMILES string of the molecule is CCCCCCCC(=O)OCC(O)CO.O=C(O)c1cccnc1. The number of aliphatic hydroxyl groups excluding tert-OH is 2. The quantitative estimate of drug-likeness (QED) is 0.440. The number of aliphatic hydroxyl groups is 2. The van der Waals surface area contributed by atoms with Crippen LogP contribution in [0.25, 0.3) is 0 Å². The van der Waals surface area contributed by atoms with E-state index in [1.165, 1.54) is 31.3 Å². The number of aromatic carboxylic acids is 1. The fourth-order valence-corrected chi connectivity index (χ4v) is 1.68. The summed E-state index contributed by atoms with van der Waals surface area (Å²) in [5.41, 5.74) is 0.220. The van der Waals surface area contributed by atoms with Gasteiger partial charge in [0.25, 0.3) is 0 Å². The van der Waals surface area contributed by atoms with Gasteiger partial charge in [0.2, 0.25) is 0 Å². The lowest BCUT2D eigenvalue weighted by atomic mass is 10.1. The summed E-state index contributed by atoms with van der Waals surface area (Å²) in [5.74, 6) is -1.23. The van der Waals surface area contributed by atoms with Gasteiger partial charge < -0.3 is 20.1 Å². The summed E-state index contributed by atoms with van der Waals surface area (Å²) in [6, 6.07) is 3.08. The van der Waals surface area contributed by atoms with Gasteiger partial charge in [0.05, 0.1) is 12.2 Å². The Morgan fingerprint density at radius 2 is 1.96 bits per heavy atom. The molecule has 1 aromatic rings. The molecule has 0 fully saturated rings. The van der Waals surface area contributed by atoms with Gasteiger partial charge >= 0.3 is 11.9 Å². The highest BCUT2D eigenvalue weighted by atomic mass is 16.5. The van der Waals surface area contributed by atoms with Crippen LogP contribution in [-0.2, 0) is 9.53 Å². The maximum atomic E-state index is 11.1. The first-order chi connectivity index (χ1) is 11.5. The molecule has 136 valence electrons. The van der Waals surface area contributed by atoms with Crippen LogP contribution in [0.2, 0.25) is 0 Å². The molecular weight excluding hydrogens is 314 g/mol. The fourth-order valence-electron chi connectivity index (χ4n) is 1.68. The number of pyridine rings is 1. The minimum absolute atomic E-state index is 0.107. The Bertz CT molecular complexity index is 452. The molecule has 1 heterocycles. The van der Waals surface area contributed by atoms with Gasteiger partial charge in [-0.2, -0.15) is 0 Å². The molecule has 0 radical (unpaired) electrons. The average Bonchev–Trinajstić information content (AvgIpc) is 2.60. The van der Waals surface area contributed by atoms with Gasteiger partial charge in [-0.05, 0) is 18.6 Å². The van der Waals surface area contributed by atoms with E-state index < -0.39 is 12.1 Å². The number of hydrogen-bond acceptors (Lipinski definition) is 6. The zero-order valence-corrected chi connectivity index (χ0v) is 14.1. The van der Waals surface area contributed by atoms with E-state index in [4.69, 9.17) is 20.1 Å². The summed E-state index contributed by atoms with van der Waals surface area (Å²) < 4.78 is 4.75. The third kappa shape index (κ3) is 12.5. The number of ether oxygens (including phenoxy) is 1. The minimum Gasteiger partial charge on any atom is -0.478 e. The molecule has 0 saturated heterocycles. The van der Waals surface area contributed by atoms with Crippen LogP contribution in [0.4, 0.5) is 0 Å². The van der Waals surface area contributed by atoms with Crippen molar-refractivity contribution in [3.8, 4) is 0 Å². The number of carboxylic acid groups (broad SMARTS) is 1. The van der Waals surface area contributed by atoms with Gasteiger partial charge in [-0.25, -0.2) is 4.79 Å². The van der Waals surface area contributed by atoms with Crippen molar-refractivity contribution in [2.45, 2.75) is 51.6 Å². The first kappa shape index (κ1) is 22.0. The summed E-state index contributed by atoms with van der Waals surface area (Å²) in [6.07, 6.45) is 7.74. The van der Waals surface area contributed by atoms with Crippen LogP contribution in [0.1, 0.15) is 55.8 Å². The Hall–Kier alpha value is -1.99. The van der Waals surface area contributed by atoms with E-state index in [0.29, 0.717) is 6.42 Å². The molecule has 0 aliphatic carbocycles. The molecule has 0 spiro atoms. The lowest BCUT2D eigenvalue weighted by molar-refractivity contribution is -0.147. The van der Waals surface area contributed by atoms with Gasteiger partial charge in [-0.15, -0.1) is 0 Å². The Labute approximate surface area is 142 Å². The van der Waals surface area contributed by atoms with Crippen molar-refractivity contribution in [3.63, 3.8) is 0 Å². The van der Waals surface area contributed by atoms with Crippen molar-refractivity contribution >= 4 is 11.9 Å². The standard InChI is InChI=1S/C11H22O4.C6H5NO2/c1-2-3-4-5-6-7-11(14)15-9-10(13)8-12;8-6(9)5-2-1-3-7-4-5/h10,12-13H,2-9H2,1H3;1-4H,(H,8,9). The highest BCUT2D eigenvalue weighted by Gasteiger charge is 2.07. The smallest absolute Gasteiger partial charge is 0.337 e. The molecule has 7 heteroatoms. The molecule has 1 rings (SSSR count). The summed E-state index contributed by atoms with van der Waals surface area (Å²) in [5, 5.41) is 25.7. The molecule has 0 saturated carbocycles. The van der Waals surface area contributed by atoms with E-state index in [0.717, 1.165) is 19.3 Å². The van der Waals surface area contributed by atoms with Crippen molar-refractivity contribution in [1.29, 1.82) is 0 Å². The maximum Gasteiger partial charge on any atom is 0.337 e. The predicted molar refractivity (Wildman–Crippen MR) is 88.6 cm³/mol. The van der Waals surface area contributed by atoms with Gasteiger partial charge in [-0.3, -0.25) is 9.78 Å². The van der Waals surface area contributed by atoms with Crippen molar-refractivity contribution in [2.24, 2.45) is 0 Å². The third-order valence-electron chi connectivity index (χ3n) is 3.04. The highest BCUT2D eigenvalue weighted by molar-refractivity contribution is 5.86. The molecule has 0 bridgehead atoms. The van der Waals surface area contributed by atoms with E-state index in [1.807, 2.05) is 0 Å². The highest BCUT2D eigenvalue weighted by Crippen LogP contribution is 2.05. The lowest BCUT2D eigenvalue weighted by Gasteiger charge is -2.08. The van der Waals surface area contributed by atoms with Gasteiger partial charge in [0.1, 0.15) is 12.7 Å². The molecule has 0 amide bonds. The van der Waals surface area contributed by atoms with E-state index in [9.17, 15) is 9.59 Å². The second-order valence-corrected chi connectivity index (χ2v) is 5.23. The number of hydrogen-bond donors (Lipinski definition) is 3. The van der Waals surface area contributed by atoms with Crippen LogP contribution in [0.5, 0.6) is 0 Å². The van der Waals surface area contributed by atoms with Gasteiger partial charge in [0, 0.05) is 18.8 Å². The summed E-state index contributed by atoms with van der Waals surface area (Å²) in [4.78, 5) is 24.9. The van der Waals surface area contributed by atoms with Crippen LogP contribution >= 0.6 is 0 Å². The topological polar surface area (TPSA) is 117 Å². The second kappa shape index (κ2) is 14.6. The van der Waals surface area contributed by atoms with Crippen LogP contribution in [0, 0.1) is 0 Å². The van der Waals surface area contributed by atoms with Gasteiger partial charge in [0.15, 0.2) is 0 Å². The van der Waals surface area contributed by atoms with E-state index in [-0.39, 0.29) is 24.7 Å². The molecule has 0 aliphatic rings. The maximum absolute atomic E-state index is 11.1. The number of unbranched alkanes of at least 4 members (excludes halogenated alkanes) is 4. The van der Waals surface area contributed by atoms with Crippen molar-refractivity contribution in [3.05, 3.63) is 30.1 Å². The summed E-state index contributed by atoms with van der Waals surface area (Å²) >= 11 is 0. The Kier molecular flexibility index (Phi) is 13.4. The van der Waals surface area contributed by atoms with E-state index in [2.05, 4.69) is 11.9 Å². The summed E-state index contributed by atoms with van der Waals surface area (Å²) in [6.45, 7) is 1.67. The predicted octanol–water partition coefficient (Wildman–Crippen LogP) is 2.02. The molecule has 0 aliphatic heterocycles. The molecule has 24 heavy (non-hydrogen) atoms. The monoisotopic (exact) mass is 341 g/mol. The summed E-state index contributed by atoms with van der Waals surface area (Å²) in [7, 11) is 0. The molecule has 1 atom stereocenters. The van der Waals surface area contributed by atoms with Crippen LogP contribution in [0.3, 0.4) is 0 Å². The van der Waals surface area contributed by atoms with Crippen molar-refractivity contribution in [2.75, 3.05) is 13.2 Å². The van der Waals surface area contributed by atoms with E-state index >= 15 is 0 Å². The van der Waals surface area contributed by atoms with Gasteiger partial charge in [-0.1, -0.05) is 32.6 Å². The molecule has 3 N–H and O–H groups in total. The number of nitrogens with zero attached hydrogens (tertiary/aromatic N) is 1. The molecule has 1 aromatic heterocycles. The Balaban J connectivity index is 0.000000496. The molecular formula is C17H27NO6. The minimum atomic E-state index is -0.950. The lowest BCUT2D eigenvalue weighted by Crippen LogP contribution is -2.21. The second-order valence-electron chi connectivity index (χ2n) is 5.23. The molecule has 1 unspecified atom stereocenters. The average molecular weight is 341 g/mol. The number of carbonyl (C=O) groups is 2. The zero-order valence-electron chi connectivity index (χ0n) is 14.1. The van der Waals surface area contributed by atoms with Crippen molar-refractivity contribution in [1.82, 2.24) is 4.98 Å².